The van der Waals surface area contributed by atoms with E-state index in [0.717, 1.165) is 6.42 Å². The monoisotopic (exact) mass is 341 g/mol. The Morgan fingerprint density at radius 3 is 2.78 bits per heavy atom. The second kappa shape index (κ2) is 7.97. The summed E-state index contributed by atoms with van der Waals surface area (Å²) in [5.41, 5.74) is 5.91. The van der Waals surface area contributed by atoms with Gasteiger partial charge in [-0.15, -0.1) is 0 Å². The van der Waals surface area contributed by atoms with Crippen molar-refractivity contribution < 1.29 is 14.6 Å². The summed E-state index contributed by atoms with van der Waals surface area (Å²) in [6, 6.07) is 4.95. The van der Waals surface area contributed by atoms with E-state index in [4.69, 9.17) is 22.1 Å². The van der Waals surface area contributed by atoms with Crippen LogP contribution in [0.2, 0.25) is 5.02 Å². The smallest absolute Gasteiger partial charge is 0.254 e. The highest BCUT2D eigenvalue weighted by Gasteiger charge is 2.35. The van der Waals surface area contributed by atoms with E-state index in [9.17, 15) is 9.90 Å². The average Bonchev–Trinajstić information content (AvgIpc) is 2.90. The highest BCUT2D eigenvalue weighted by atomic mass is 35.5. The van der Waals surface area contributed by atoms with Gasteiger partial charge in [0.1, 0.15) is 5.75 Å². The molecular formula is C16H24ClN3O3. The van der Waals surface area contributed by atoms with Gasteiger partial charge in [0.05, 0.1) is 23.8 Å². The summed E-state index contributed by atoms with van der Waals surface area (Å²) in [6.45, 7) is 1.87. The Kier molecular flexibility index (Phi) is 6.24. The fourth-order valence-corrected chi connectivity index (χ4v) is 2.88. The Morgan fingerprint density at radius 1 is 1.48 bits per heavy atom. The minimum atomic E-state index is -0.539. The van der Waals surface area contributed by atoms with Crippen LogP contribution in [0.15, 0.2) is 18.2 Å². The molecule has 0 unspecified atom stereocenters. The number of hydrogen-bond donors (Lipinski definition) is 2. The number of nitrogens with two attached hydrogens (primary N) is 1. The molecule has 128 valence electrons. The fourth-order valence-electron chi connectivity index (χ4n) is 2.64. The maximum absolute atomic E-state index is 12.6. The van der Waals surface area contributed by atoms with Gasteiger partial charge in [-0.3, -0.25) is 4.79 Å². The van der Waals surface area contributed by atoms with Crippen LogP contribution in [-0.2, 0) is 0 Å². The zero-order valence-corrected chi connectivity index (χ0v) is 14.3. The van der Waals surface area contributed by atoms with Crippen molar-refractivity contribution in [2.24, 2.45) is 5.73 Å². The minimum absolute atomic E-state index is 0.0479. The Labute approximate surface area is 141 Å². The molecule has 7 heteroatoms. The minimum Gasteiger partial charge on any atom is -0.492 e. The van der Waals surface area contributed by atoms with Gasteiger partial charge in [0.25, 0.3) is 5.91 Å². The van der Waals surface area contributed by atoms with Gasteiger partial charge in [-0.05, 0) is 45.3 Å². The number of carbonyl (C=O) groups excluding carboxylic acids is 1. The predicted octanol–water partition coefficient (Wildman–Crippen LogP) is 0.814. The zero-order chi connectivity index (χ0) is 17.0. The van der Waals surface area contributed by atoms with E-state index in [1.54, 1.807) is 23.1 Å². The molecule has 1 amide bonds. The summed E-state index contributed by atoms with van der Waals surface area (Å²) < 4.78 is 5.52. The number of amides is 1. The van der Waals surface area contributed by atoms with Gasteiger partial charge in [-0.25, -0.2) is 0 Å². The third kappa shape index (κ3) is 4.35. The lowest BCUT2D eigenvalue weighted by molar-refractivity contribution is 0.0764. The number of aliphatic hydroxyl groups is 1. The van der Waals surface area contributed by atoms with Crippen molar-refractivity contribution in [3.8, 4) is 5.75 Å². The number of ether oxygens (including phenoxy) is 1. The molecule has 23 heavy (non-hydrogen) atoms. The second-order valence-corrected chi connectivity index (χ2v) is 6.35. The van der Waals surface area contributed by atoms with Crippen LogP contribution in [-0.4, -0.2) is 73.3 Å². The molecule has 1 saturated heterocycles. The first-order valence-corrected chi connectivity index (χ1v) is 8.08. The molecule has 0 radical (unpaired) electrons. The Hall–Kier alpha value is -1.34. The van der Waals surface area contributed by atoms with E-state index in [1.165, 1.54) is 0 Å². The molecule has 1 aromatic carbocycles. The molecule has 0 spiro atoms. The zero-order valence-electron chi connectivity index (χ0n) is 13.5. The highest BCUT2D eigenvalue weighted by Crippen LogP contribution is 2.27. The predicted molar refractivity (Wildman–Crippen MR) is 90.0 cm³/mol. The number of rotatable bonds is 6. The van der Waals surface area contributed by atoms with Crippen molar-refractivity contribution in [3.63, 3.8) is 0 Å². The van der Waals surface area contributed by atoms with E-state index in [-0.39, 0.29) is 11.9 Å². The van der Waals surface area contributed by atoms with Crippen LogP contribution in [0.25, 0.3) is 0 Å². The molecule has 2 atom stereocenters. The number of β-amino-alcohol motifs (C(OH)–C–C–N with tert-alkyl or cyclic N) is 1. The third-order valence-corrected chi connectivity index (χ3v) is 4.29. The molecule has 1 fully saturated rings. The topological polar surface area (TPSA) is 79.0 Å². The standard InChI is InChI=1S/C16H24ClN3O3/c1-19(2)13-9-20(10-14(13)21)16(22)11-4-5-15(12(17)8-11)23-7-3-6-18/h4-5,8,13-14,21H,3,6-7,9-10,18H2,1-2H3/t13-,14-/m0/s1. The SMILES string of the molecule is CN(C)[C@H]1CN(C(=O)c2ccc(OCCCN)c(Cl)c2)C[C@@H]1O. The Balaban J connectivity index is 2.04. The second-order valence-electron chi connectivity index (χ2n) is 5.94. The molecule has 1 aliphatic rings. The fraction of sp³-hybridized carbons (Fsp3) is 0.562. The number of nitrogens with zero attached hydrogens (tertiary/aromatic N) is 2. The molecule has 2 rings (SSSR count). The van der Waals surface area contributed by atoms with Crippen LogP contribution < -0.4 is 10.5 Å². The van der Waals surface area contributed by atoms with Crippen LogP contribution in [0, 0.1) is 0 Å². The first-order chi connectivity index (χ1) is 10.9. The lowest BCUT2D eigenvalue weighted by Crippen LogP contribution is -2.38. The first kappa shape index (κ1) is 18.0. The number of carbonyl (C=O) groups is 1. The van der Waals surface area contributed by atoms with Gasteiger partial charge >= 0.3 is 0 Å². The van der Waals surface area contributed by atoms with Gasteiger partial charge < -0.3 is 25.4 Å². The van der Waals surface area contributed by atoms with Crippen LogP contribution in [0.5, 0.6) is 5.75 Å². The van der Waals surface area contributed by atoms with Crippen molar-refractivity contribution >= 4 is 17.5 Å². The van der Waals surface area contributed by atoms with Crippen LogP contribution in [0.3, 0.4) is 0 Å². The van der Waals surface area contributed by atoms with Gasteiger partial charge in [0, 0.05) is 18.7 Å². The number of likely N-dealkylation sites (N-methyl/N-ethyl adjacent to an activating group) is 1. The normalized spacial score (nSPS) is 21.0. The molecule has 6 nitrogen and oxygen atoms in total. The maximum Gasteiger partial charge on any atom is 0.254 e. The molecule has 1 aromatic rings. The summed E-state index contributed by atoms with van der Waals surface area (Å²) in [5, 5.41) is 10.5. The molecule has 3 N–H and O–H groups in total. The lowest BCUT2D eigenvalue weighted by atomic mass is 10.2. The number of benzene rings is 1. The molecule has 1 aliphatic heterocycles. The molecule has 0 bridgehead atoms. The largest absolute Gasteiger partial charge is 0.492 e. The Morgan fingerprint density at radius 2 is 2.22 bits per heavy atom. The van der Waals surface area contributed by atoms with E-state index in [0.29, 0.717) is 42.6 Å². The highest BCUT2D eigenvalue weighted by molar-refractivity contribution is 6.32. The summed E-state index contributed by atoms with van der Waals surface area (Å²) in [4.78, 5) is 16.1. The van der Waals surface area contributed by atoms with Crippen molar-refractivity contribution in [2.75, 3.05) is 40.3 Å². The molecule has 1 heterocycles. The van der Waals surface area contributed by atoms with E-state index in [2.05, 4.69) is 0 Å². The van der Waals surface area contributed by atoms with Gasteiger partial charge in [-0.1, -0.05) is 11.6 Å². The van der Waals surface area contributed by atoms with Gasteiger partial charge in [-0.2, -0.15) is 0 Å². The third-order valence-electron chi connectivity index (χ3n) is 3.99. The number of aliphatic hydroxyl groups excluding tert-OH is 1. The number of likely N-dealkylation sites (tertiary alicyclic amines) is 1. The van der Waals surface area contributed by atoms with E-state index < -0.39 is 6.10 Å². The molecule has 0 aromatic heterocycles. The summed E-state index contributed by atoms with van der Waals surface area (Å²) in [7, 11) is 3.79. The van der Waals surface area contributed by atoms with Crippen molar-refractivity contribution in [2.45, 2.75) is 18.6 Å². The van der Waals surface area contributed by atoms with Crippen LogP contribution in [0.4, 0.5) is 0 Å². The van der Waals surface area contributed by atoms with E-state index >= 15 is 0 Å². The average molecular weight is 342 g/mol. The molecule has 0 saturated carbocycles. The number of halogens is 1. The summed E-state index contributed by atoms with van der Waals surface area (Å²) >= 11 is 6.18. The van der Waals surface area contributed by atoms with Gasteiger partial charge in [0.15, 0.2) is 0 Å². The van der Waals surface area contributed by atoms with Gasteiger partial charge in [0.2, 0.25) is 0 Å². The van der Waals surface area contributed by atoms with Crippen molar-refractivity contribution in [1.82, 2.24) is 9.80 Å². The molecular weight excluding hydrogens is 318 g/mol. The van der Waals surface area contributed by atoms with Crippen LogP contribution >= 0.6 is 11.6 Å². The summed E-state index contributed by atoms with van der Waals surface area (Å²) in [5.74, 6) is 0.410. The number of hydrogen-bond acceptors (Lipinski definition) is 5. The van der Waals surface area contributed by atoms with Crippen molar-refractivity contribution in [1.29, 1.82) is 0 Å². The lowest BCUT2D eigenvalue weighted by Gasteiger charge is -2.21. The molecule has 0 aliphatic carbocycles. The van der Waals surface area contributed by atoms with E-state index in [1.807, 2.05) is 19.0 Å². The summed E-state index contributed by atoms with van der Waals surface area (Å²) in [6.07, 6.45) is 0.206. The van der Waals surface area contributed by atoms with Crippen LogP contribution in [0.1, 0.15) is 16.8 Å². The quantitative estimate of drug-likeness (QED) is 0.749. The first-order valence-electron chi connectivity index (χ1n) is 7.70. The van der Waals surface area contributed by atoms with Crippen molar-refractivity contribution in [3.05, 3.63) is 28.8 Å². The Bertz CT molecular complexity index is 553. The maximum atomic E-state index is 12.6.